The summed E-state index contributed by atoms with van der Waals surface area (Å²) in [6.45, 7) is 1.83. The topological polar surface area (TPSA) is 38.9 Å². The normalized spacial score (nSPS) is 13.1. The number of rotatable bonds is 1. The lowest BCUT2D eigenvalue weighted by Gasteiger charge is -2.08. The second-order valence-electron chi connectivity index (χ2n) is 2.31. The summed E-state index contributed by atoms with van der Waals surface area (Å²) in [5, 5.41) is 1.04. The molecule has 0 unspecified atom stereocenters. The van der Waals surface area contributed by atoms with Crippen LogP contribution in [0.3, 0.4) is 0 Å². The van der Waals surface area contributed by atoms with Gasteiger partial charge in [0, 0.05) is 24.0 Å². The van der Waals surface area contributed by atoms with Gasteiger partial charge in [0.05, 0.1) is 10.0 Å². The van der Waals surface area contributed by atoms with E-state index in [1.165, 1.54) is 12.4 Å². The summed E-state index contributed by atoms with van der Waals surface area (Å²) >= 11 is 11.6. The maximum atomic E-state index is 5.80. The van der Waals surface area contributed by atoms with E-state index in [-0.39, 0.29) is 6.04 Å². The van der Waals surface area contributed by atoms with Gasteiger partial charge in [-0.3, -0.25) is 4.98 Å². The molecule has 0 saturated carbocycles. The van der Waals surface area contributed by atoms with Gasteiger partial charge in [0.1, 0.15) is 0 Å². The van der Waals surface area contributed by atoms with E-state index in [4.69, 9.17) is 28.9 Å². The van der Waals surface area contributed by atoms with Gasteiger partial charge in [-0.15, -0.1) is 0 Å². The van der Waals surface area contributed by atoms with E-state index in [0.29, 0.717) is 10.0 Å². The number of hydrogen-bond donors (Lipinski definition) is 1. The Morgan fingerprint density at radius 3 is 2.09 bits per heavy atom. The summed E-state index contributed by atoms with van der Waals surface area (Å²) in [5.41, 5.74) is 6.37. The Labute approximate surface area is 75.3 Å². The predicted octanol–water partition coefficient (Wildman–Crippen LogP) is 2.41. The van der Waals surface area contributed by atoms with Crippen molar-refractivity contribution in [3.05, 3.63) is 28.0 Å². The van der Waals surface area contributed by atoms with Gasteiger partial charge in [-0.1, -0.05) is 23.2 Å². The average Bonchev–Trinajstić information content (AvgIpc) is 1.85. The Balaban J connectivity index is 3.21. The highest BCUT2D eigenvalue weighted by Gasteiger charge is 2.09. The predicted molar refractivity (Wildman–Crippen MR) is 46.9 cm³/mol. The fourth-order valence-electron chi connectivity index (χ4n) is 0.856. The fourth-order valence-corrected chi connectivity index (χ4v) is 1.57. The maximum Gasteiger partial charge on any atom is 0.0651 e. The van der Waals surface area contributed by atoms with E-state index < -0.39 is 0 Å². The summed E-state index contributed by atoms with van der Waals surface area (Å²) in [6, 6.07) is -0.155. The molecule has 11 heavy (non-hydrogen) atoms. The molecule has 2 N–H and O–H groups in total. The molecule has 0 aromatic carbocycles. The Morgan fingerprint density at radius 2 is 1.82 bits per heavy atom. The Kier molecular flexibility index (Phi) is 2.71. The number of pyridine rings is 1. The number of hydrogen-bond acceptors (Lipinski definition) is 2. The zero-order valence-corrected chi connectivity index (χ0v) is 7.52. The molecule has 0 aliphatic rings. The molecule has 1 aromatic rings. The monoisotopic (exact) mass is 190 g/mol. The van der Waals surface area contributed by atoms with Crippen molar-refractivity contribution in [2.45, 2.75) is 13.0 Å². The molecule has 60 valence electrons. The number of halogens is 2. The highest BCUT2D eigenvalue weighted by atomic mass is 35.5. The van der Waals surface area contributed by atoms with Crippen molar-refractivity contribution in [2.75, 3.05) is 0 Å². The molecule has 0 aliphatic heterocycles. The van der Waals surface area contributed by atoms with Crippen LogP contribution in [0.5, 0.6) is 0 Å². The van der Waals surface area contributed by atoms with Crippen LogP contribution < -0.4 is 5.73 Å². The van der Waals surface area contributed by atoms with E-state index >= 15 is 0 Å². The smallest absolute Gasteiger partial charge is 0.0651 e. The van der Waals surface area contributed by atoms with Crippen LogP contribution in [-0.4, -0.2) is 4.98 Å². The van der Waals surface area contributed by atoms with Crippen molar-refractivity contribution in [2.24, 2.45) is 5.73 Å². The van der Waals surface area contributed by atoms with Gasteiger partial charge < -0.3 is 5.73 Å². The molecule has 2 nitrogen and oxygen atoms in total. The summed E-state index contributed by atoms with van der Waals surface area (Å²) in [7, 11) is 0. The Hall–Kier alpha value is -0.310. The molecule has 4 heteroatoms. The molecule has 1 heterocycles. The van der Waals surface area contributed by atoms with Gasteiger partial charge in [0.2, 0.25) is 0 Å². The van der Waals surface area contributed by atoms with Crippen molar-refractivity contribution >= 4 is 23.2 Å². The standard InChI is InChI=1S/C7H8Cl2N2/c1-4(10)7-5(8)2-11-3-6(7)9/h2-4H,10H2,1H3/t4-/m1/s1. The van der Waals surface area contributed by atoms with Gasteiger partial charge in [-0.25, -0.2) is 0 Å². The minimum Gasteiger partial charge on any atom is -0.324 e. The maximum absolute atomic E-state index is 5.80. The molecule has 0 aliphatic carbocycles. The summed E-state index contributed by atoms with van der Waals surface area (Å²) in [5.74, 6) is 0. The second kappa shape index (κ2) is 3.39. The number of nitrogens with two attached hydrogens (primary N) is 1. The van der Waals surface area contributed by atoms with E-state index in [9.17, 15) is 0 Å². The summed E-state index contributed by atoms with van der Waals surface area (Å²) in [4.78, 5) is 3.81. The fraction of sp³-hybridized carbons (Fsp3) is 0.286. The summed E-state index contributed by atoms with van der Waals surface area (Å²) < 4.78 is 0. The first-order chi connectivity index (χ1) is 5.13. The van der Waals surface area contributed by atoms with E-state index in [1.54, 1.807) is 0 Å². The van der Waals surface area contributed by atoms with Crippen molar-refractivity contribution in [1.29, 1.82) is 0 Å². The van der Waals surface area contributed by atoms with Crippen LogP contribution in [0.1, 0.15) is 18.5 Å². The van der Waals surface area contributed by atoms with Crippen LogP contribution in [-0.2, 0) is 0 Å². The van der Waals surface area contributed by atoms with Crippen LogP contribution in [0.25, 0.3) is 0 Å². The molecule has 0 bridgehead atoms. The van der Waals surface area contributed by atoms with Gasteiger partial charge >= 0.3 is 0 Å². The second-order valence-corrected chi connectivity index (χ2v) is 3.12. The molecule has 0 spiro atoms. The molecule has 0 fully saturated rings. The molecule has 0 saturated heterocycles. The van der Waals surface area contributed by atoms with Gasteiger partial charge in [0.15, 0.2) is 0 Å². The number of aromatic nitrogens is 1. The Bertz CT molecular complexity index is 240. The summed E-state index contributed by atoms with van der Waals surface area (Å²) in [6.07, 6.45) is 3.07. The third-order valence-electron chi connectivity index (χ3n) is 1.35. The third-order valence-corrected chi connectivity index (χ3v) is 1.95. The highest BCUT2D eigenvalue weighted by molar-refractivity contribution is 6.35. The quantitative estimate of drug-likeness (QED) is 0.740. The lowest BCUT2D eigenvalue weighted by Crippen LogP contribution is -2.06. The van der Waals surface area contributed by atoms with Gasteiger partial charge in [-0.2, -0.15) is 0 Å². The molecule has 0 amide bonds. The van der Waals surface area contributed by atoms with E-state index in [0.717, 1.165) is 5.56 Å². The molecule has 1 rings (SSSR count). The lowest BCUT2D eigenvalue weighted by molar-refractivity contribution is 0.816. The van der Waals surface area contributed by atoms with Crippen LogP contribution in [0.2, 0.25) is 10.0 Å². The van der Waals surface area contributed by atoms with Gasteiger partial charge in [-0.05, 0) is 6.92 Å². The van der Waals surface area contributed by atoms with E-state index in [2.05, 4.69) is 4.98 Å². The molecule has 1 atom stereocenters. The van der Waals surface area contributed by atoms with Crippen LogP contribution in [0.15, 0.2) is 12.4 Å². The number of nitrogens with zero attached hydrogens (tertiary/aromatic N) is 1. The van der Waals surface area contributed by atoms with Crippen molar-refractivity contribution in [1.82, 2.24) is 4.98 Å². The zero-order chi connectivity index (χ0) is 8.43. The largest absolute Gasteiger partial charge is 0.324 e. The average molecular weight is 191 g/mol. The Morgan fingerprint density at radius 1 is 1.36 bits per heavy atom. The highest BCUT2D eigenvalue weighted by Crippen LogP contribution is 2.27. The first kappa shape index (κ1) is 8.78. The van der Waals surface area contributed by atoms with Crippen LogP contribution in [0, 0.1) is 0 Å². The first-order valence-corrected chi connectivity index (χ1v) is 3.93. The first-order valence-electron chi connectivity index (χ1n) is 3.17. The van der Waals surface area contributed by atoms with Crippen molar-refractivity contribution < 1.29 is 0 Å². The lowest BCUT2D eigenvalue weighted by atomic mass is 10.1. The van der Waals surface area contributed by atoms with Crippen molar-refractivity contribution in [3.63, 3.8) is 0 Å². The van der Waals surface area contributed by atoms with Gasteiger partial charge in [0.25, 0.3) is 0 Å². The third kappa shape index (κ3) is 1.83. The molecule has 1 aromatic heterocycles. The zero-order valence-electron chi connectivity index (χ0n) is 6.01. The SMILES string of the molecule is C[C@@H](N)c1c(Cl)cncc1Cl. The van der Waals surface area contributed by atoms with E-state index in [1.807, 2.05) is 6.92 Å². The van der Waals surface area contributed by atoms with Crippen LogP contribution >= 0.6 is 23.2 Å². The molecule has 0 radical (unpaired) electrons. The molecular formula is C7H8Cl2N2. The van der Waals surface area contributed by atoms with Crippen molar-refractivity contribution in [3.8, 4) is 0 Å². The van der Waals surface area contributed by atoms with Crippen LogP contribution in [0.4, 0.5) is 0 Å². The minimum absolute atomic E-state index is 0.155. The molecular weight excluding hydrogens is 183 g/mol. The minimum atomic E-state index is -0.155.